The molecule has 1 aromatic heterocycles. The number of hydrogen-bond acceptors (Lipinski definition) is 3. The Hall–Kier alpha value is -3.31. The molecule has 4 aromatic rings. The first-order valence-electron chi connectivity index (χ1n) is 11.9. The molecule has 1 amide bonds. The van der Waals surface area contributed by atoms with Gasteiger partial charge in [-0.1, -0.05) is 48.9 Å². The van der Waals surface area contributed by atoms with E-state index in [0.29, 0.717) is 24.6 Å². The average Bonchev–Trinajstić information content (AvgIpc) is 3.43. The van der Waals surface area contributed by atoms with Gasteiger partial charge in [-0.25, -0.2) is 4.98 Å². The molecule has 2 heterocycles. The van der Waals surface area contributed by atoms with Crippen molar-refractivity contribution in [1.82, 2.24) is 9.55 Å². The molecular weight excluding hydrogens is 446 g/mol. The van der Waals surface area contributed by atoms with Crippen LogP contribution in [0.1, 0.15) is 37.1 Å². The van der Waals surface area contributed by atoms with Gasteiger partial charge in [0.05, 0.1) is 17.6 Å². The Morgan fingerprint density at radius 1 is 1.03 bits per heavy atom. The molecule has 5 rings (SSSR count). The molecule has 0 spiro atoms. The molecule has 6 heteroatoms. The van der Waals surface area contributed by atoms with Gasteiger partial charge in [-0.15, -0.1) is 0 Å². The lowest BCUT2D eigenvalue weighted by Crippen LogP contribution is -2.25. The van der Waals surface area contributed by atoms with E-state index < -0.39 is 0 Å². The van der Waals surface area contributed by atoms with Gasteiger partial charge in [-0.2, -0.15) is 0 Å². The highest BCUT2D eigenvalue weighted by Crippen LogP contribution is 2.34. The number of aryl methyl sites for hydroxylation is 2. The predicted octanol–water partition coefficient (Wildman–Crippen LogP) is 6.24. The molecule has 1 atom stereocenters. The van der Waals surface area contributed by atoms with E-state index >= 15 is 0 Å². The molecule has 174 valence electrons. The number of amides is 1. The molecule has 0 radical (unpaired) electrons. The van der Waals surface area contributed by atoms with E-state index in [1.54, 1.807) is 0 Å². The number of nitrogens with zero attached hydrogens (tertiary/aromatic N) is 3. The third-order valence-corrected chi connectivity index (χ3v) is 6.70. The van der Waals surface area contributed by atoms with Gasteiger partial charge in [0, 0.05) is 36.1 Å². The van der Waals surface area contributed by atoms with Crippen molar-refractivity contribution in [2.45, 2.75) is 38.6 Å². The fourth-order valence-corrected chi connectivity index (χ4v) is 4.90. The molecule has 1 fully saturated rings. The minimum atomic E-state index is 0.0574. The summed E-state index contributed by atoms with van der Waals surface area (Å²) in [7, 11) is 0. The van der Waals surface area contributed by atoms with E-state index in [0.717, 1.165) is 47.7 Å². The number of hydrogen-bond donors (Lipinski definition) is 0. The van der Waals surface area contributed by atoms with E-state index in [1.165, 1.54) is 5.56 Å². The number of rotatable bonds is 8. The molecule has 0 N–H and O–H groups in total. The van der Waals surface area contributed by atoms with Crippen LogP contribution < -0.4 is 9.64 Å². The molecule has 3 aromatic carbocycles. The third-order valence-electron chi connectivity index (χ3n) is 6.45. The van der Waals surface area contributed by atoms with Crippen LogP contribution in [0.25, 0.3) is 11.0 Å². The van der Waals surface area contributed by atoms with Crippen molar-refractivity contribution in [1.29, 1.82) is 0 Å². The lowest BCUT2D eigenvalue weighted by atomic mass is 10.1. The van der Waals surface area contributed by atoms with Gasteiger partial charge in [0.1, 0.15) is 11.6 Å². The molecule has 0 saturated carbocycles. The Morgan fingerprint density at radius 3 is 2.62 bits per heavy atom. The van der Waals surface area contributed by atoms with Crippen molar-refractivity contribution in [3.05, 3.63) is 89.2 Å². The van der Waals surface area contributed by atoms with E-state index in [9.17, 15) is 4.79 Å². The number of para-hydroxylation sites is 3. The second-order valence-electron chi connectivity index (χ2n) is 8.65. The molecule has 0 bridgehead atoms. The normalized spacial score (nSPS) is 15.9. The number of imidazole rings is 1. The Bertz CT molecular complexity index is 1300. The minimum Gasteiger partial charge on any atom is -0.494 e. The summed E-state index contributed by atoms with van der Waals surface area (Å²) in [6.07, 6.45) is 2.21. The number of ether oxygens (including phenoxy) is 1. The van der Waals surface area contributed by atoms with Crippen LogP contribution in [0.2, 0.25) is 5.02 Å². The van der Waals surface area contributed by atoms with Crippen LogP contribution in [0.15, 0.2) is 72.8 Å². The minimum absolute atomic E-state index is 0.0574. The lowest BCUT2D eigenvalue weighted by Gasteiger charge is -2.20. The zero-order chi connectivity index (χ0) is 23.5. The number of anilines is 1. The van der Waals surface area contributed by atoms with E-state index in [-0.39, 0.29) is 11.8 Å². The highest BCUT2D eigenvalue weighted by molar-refractivity contribution is 6.30. The second kappa shape index (κ2) is 9.90. The summed E-state index contributed by atoms with van der Waals surface area (Å²) in [6.45, 7) is 4.15. The van der Waals surface area contributed by atoms with Gasteiger partial charge in [0.2, 0.25) is 5.91 Å². The second-order valence-corrected chi connectivity index (χ2v) is 9.09. The fraction of sp³-hybridized carbons (Fsp3) is 0.286. The third kappa shape index (κ3) is 4.53. The van der Waals surface area contributed by atoms with Crippen molar-refractivity contribution in [2.75, 3.05) is 18.1 Å². The van der Waals surface area contributed by atoms with Crippen molar-refractivity contribution in [3.63, 3.8) is 0 Å². The number of benzene rings is 3. The summed E-state index contributed by atoms with van der Waals surface area (Å²) < 4.78 is 8.17. The topological polar surface area (TPSA) is 47.4 Å². The van der Waals surface area contributed by atoms with Crippen molar-refractivity contribution < 1.29 is 9.53 Å². The van der Waals surface area contributed by atoms with Gasteiger partial charge in [-0.3, -0.25) is 4.79 Å². The van der Waals surface area contributed by atoms with Gasteiger partial charge in [0.15, 0.2) is 0 Å². The van der Waals surface area contributed by atoms with Crippen LogP contribution in [0.4, 0.5) is 5.69 Å². The fourth-order valence-electron chi connectivity index (χ4n) is 4.77. The van der Waals surface area contributed by atoms with Crippen molar-refractivity contribution in [3.8, 4) is 5.75 Å². The summed E-state index contributed by atoms with van der Waals surface area (Å²) in [6, 6.07) is 23.8. The molecule has 0 unspecified atom stereocenters. The Morgan fingerprint density at radius 2 is 1.79 bits per heavy atom. The number of halogens is 1. The van der Waals surface area contributed by atoms with E-state index in [4.69, 9.17) is 21.3 Å². The molecule has 1 aliphatic rings. The van der Waals surface area contributed by atoms with Gasteiger partial charge in [-0.05, 0) is 60.9 Å². The van der Waals surface area contributed by atoms with Crippen LogP contribution in [-0.2, 0) is 17.8 Å². The summed E-state index contributed by atoms with van der Waals surface area (Å²) in [5.41, 5.74) is 4.29. The largest absolute Gasteiger partial charge is 0.494 e. The quantitative estimate of drug-likeness (QED) is 0.284. The maximum atomic E-state index is 13.1. The number of carbonyl (C=O) groups excluding carboxylic acids is 1. The van der Waals surface area contributed by atoms with Crippen LogP contribution in [0.5, 0.6) is 5.75 Å². The summed E-state index contributed by atoms with van der Waals surface area (Å²) >= 11 is 5.96. The summed E-state index contributed by atoms with van der Waals surface area (Å²) in [5, 5.41) is 0.698. The lowest BCUT2D eigenvalue weighted by molar-refractivity contribution is -0.117. The van der Waals surface area contributed by atoms with Gasteiger partial charge >= 0.3 is 0 Å². The standard InChI is InChI=1S/C28H28ClN3O2/c1-2-20-8-3-5-10-25(20)32-19-21(18-27(32)33)28-30-24-9-4-6-11-26(24)31(28)16-7-17-34-23-14-12-22(29)13-15-23/h3-6,8-15,21H,2,7,16-19H2,1H3/t21-/m0/s1. The van der Waals surface area contributed by atoms with Crippen LogP contribution >= 0.6 is 11.6 Å². The first-order chi connectivity index (χ1) is 16.6. The van der Waals surface area contributed by atoms with Gasteiger partial charge in [0.25, 0.3) is 0 Å². The van der Waals surface area contributed by atoms with Gasteiger partial charge < -0.3 is 14.2 Å². The van der Waals surface area contributed by atoms with E-state index in [2.05, 4.69) is 29.7 Å². The SMILES string of the molecule is CCc1ccccc1N1C[C@@H](c2nc3ccccc3n2CCCOc2ccc(Cl)cc2)CC1=O. The molecule has 5 nitrogen and oxygen atoms in total. The highest BCUT2D eigenvalue weighted by atomic mass is 35.5. The molecular formula is C28H28ClN3O2. The summed E-state index contributed by atoms with van der Waals surface area (Å²) in [4.78, 5) is 20.0. The number of fused-ring (bicyclic) bond motifs is 1. The predicted molar refractivity (Wildman–Crippen MR) is 137 cm³/mol. The molecule has 1 saturated heterocycles. The average molecular weight is 474 g/mol. The smallest absolute Gasteiger partial charge is 0.227 e. The monoisotopic (exact) mass is 473 g/mol. The molecule has 1 aliphatic heterocycles. The zero-order valence-corrected chi connectivity index (χ0v) is 20.0. The van der Waals surface area contributed by atoms with Crippen LogP contribution in [0.3, 0.4) is 0 Å². The highest BCUT2D eigenvalue weighted by Gasteiger charge is 2.35. The Kier molecular flexibility index (Phi) is 6.54. The number of aromatic nitrogens is 2. The van der Waals surface area contributed by atoms with Crippen molar-refractivity contribution in [2.24, 2.45) is 0 Å². The summed E-state index contributed by atoms with van der Waals surface area (Å²) in [5.74, 6) is 2.02. The first-order valence-corrected chi connectivity index (χ1v) is 12.2. The molecule has 0 aliphatic carbocycles. The number of carbonyl (C=O) groups is 1. The zero-order valence-electron chi connectivity index (χ0n) is 19.3. The molecule has 34 heavy (non-hydrogen) atoms. The van der Waals surface area contributed by atoms with Crippen LogP contribution in [0, 0.1) is 0 Å². The van der Waals surface area contributed by atoms with Crippen molar-refractivity contribution >= 4 is 34.2 Å². The maximum absolute atomic E-state index is 13.1. The maximum Gasteiger partial charge on any atom is 0.227 e. The van der Waals surface area contributed by atoms with Crippen LogP contribution in [-0.4, -0.2) is 28.6 Å². The Labute approximate surface area is 204 Å². The first kappa shape index (κ1) is 22.5. The van der Waals surface area contributed by atoms with E-state index in [1.807, 2.05) is 59.5 Å². The Balaban J connectivity index is 1.35.